The molecule has 2 aromatic carbocycles. The first-order valence-electron chi connectivity index (χ1n) is 5.78. The van der Waals surface area contributed by atoms with Crippen molar-refractivity contribution in [2.24, 2.45) is 0 Å². The van der Waals surface area contributed by atoms with Crippen molar-refractivity contribution >= 4 is 22.1 Å². The first kappa shape index (κ1) is 9.41. The largest absolute Gasteiger partial charge is 0.345 e. The summed E-state index contributed by atoms with van der Waals surface area (Å²) in [5.41, 5.74) is 6.25. The monoisotopic (exact) mass is 238 g/mol. The lowest BCUT2D eigenvalue weighted by Crippen LogP contribution is -1.83. The second kappa shape index (κ2) is 3.43. The maximum absolute atomic E-state index is 4.39. The van der Waals surface area contributed by atoms with E-state index in [1.54, 1.807) is 12.7 Å². The number of fused-ring (bicyclic) bond motifs is 2. The molecule has 0 unspecified atom stereocenters. The molecule has 0 radical (unpaired) electrons. The molecule has 0 saturated heterocycles. The number of aromatic amines is 2. The van der Waals surface area contributed by atoms with Gasteiger partial charge in [0.25, 0.3) is 0 Å². The number of hydrogen-bond acceptors (Lipinski definition) is 2. The molecule has 0 aliphatic rings. The Morgan fingerprint density at radius 1 is 0.722 bits per heavy atom. The van der Waals surface area contributed by atoms with E-state index < -0.39 is 0 Å². The van der Waals surface area contributed by atoms with Crippen molar-refractivity contribution in [1.82, 2.24) is 19.9 Å². The van der Waals surface area contributed by atoms with E-state index in [1.807, 2.05) is 24.3 Å². The summed E-state index contributed by atoms with van der Waals surface area (Å²) < 4.78 is 0. The van der Waals surface area contributed by atoms with E-state index in [0.717, 1.165) is 33.2 Å². The van der Waals surface area contributed by atoms with E-state index in [0.29, 0.717) is 0 Å². The molecular formula is C14H14N4. The molecule has 0 amide bonds. The zero-order valence-corrected chi connectivity index (χ0v) is 9.51. The zero-order chi connectivity index (χ0) is 11.9. The second-order valence-electron chi connectivity index (χ2n) is 4.21. The summed E-state index contributed by atoms with van der Waals surface area (Å²) in [6.45, 7) is 0. The molecular weight excluding hydrogens is 224 g/mol. The molecule has 0 fully saturated rings. The highest BCUT2D eigenvalue weighted by Crippen LogP contribution is 2.30. The number of nitrogens with one attached hydrogen (secondary N) is 2. The van der Waals surface area contributed by atoms with E-state index in [1.165, 1.54) is 0 Å². The van der Waals surface area contributed by atoms with Crippen molar-refractivity contribution in [2.75, 3.05) is 0 Å². The molecule has 4 nitrogen and oxygen atoms in total. The third kappa shape index (κ3) is 1.20. The van der Waals surface area contributed by atoms with Gasteiger partial charge in [-0.15, -0.1) is 0 Å². The van der Waals surface area contributed by atoms with Crippen molar-refractivity contribution in [2.45, 2.75) is 0 Å². The molecule has 0 aliphatic heterocycles. The minimum atomic E-state index is 0. The van der Waals surface area contributed by atoms with Crippen molar-refractivity contribution in [3.05, 3.63) is 49.1 Å². The number of hydrogen-bond donors (Lipinski definition) is 2. The van der Waals surface area contributed by atoms with Gasteiger partial charge in [-0.2, -0.15) is 0 Å². The van der Waals surface area contributed by atoms with E-state index in [9.17, 15) is 0 Å². The van der Waals surface area contributed by atoms with Crippen LogP contribution in [0.1, 0.15) is 2.85 Å². The Balaban J connectivity index is 0.000000735. The third-order valence-corrected chi connectivity index (χ3v) is 3.19. The lowest BCUT2D eigenvalue weighted by atomic mass is 10.0. The average Bonchev–Trinajstić information content (AvgIpc) is 3.06. The topological polar surface area (TPSA) is 57.4 Å². The summed E-state index contributed by atoms with van der Waals surface area (Å²) in [6.07, 6.45) is 3.44. The van der Waals surface area contributed by atoms with Gasteiger partial charge >= 0.3 is 0 Å². The zero-order valence-electron chi connectivity index (χ0n) is 9.51. The van der Waals surface area contributed by atoms with Crippen LogP contribution >= 0.6 is 0 Å². The second-order valence-corrected chi connectivity index (χ2v) is 4.21. The molecule has 2 aromatic heterocycles. The SMILES string of the molecule is [HH].[HH].c1cc(-c2cccc3[nH]cnc23)c2nc[nH]c2c1. The van der Waals surface area contributed by atoms with Crippen LogP contribution in [0.3, 0.4) is 0 Å². The molecule has 4 rings (SSSR count). The molecule has 0 spiro atoms. The molecule has 0 saturated carbocycles. The van der Waals surface area contributed by atoms with Crippen LogP contribution in [-0.2, 0) is 0 Å². The van der Waals surface area contributed by atoms with Crippen LogP contribution in [0.25, 0.3) is 33.2 Å². The molecule has 4 aromatic rings. The van der Waals surface area contributed by atoms with Crippen LogP contribution in [0.2, 0.25) is 0 Å². The fourth-order valence-electron chi connectivity index (χ4n) is 2.37. The lowest BCUT2D eigenvalue weighted by molar-refractivity contribution is 1.34. The van der Waals surface area contributed by atoms with Gasteiger partial charge in [0.15, 0.2) is 0 Å². The van der Waals surface area contributed by atoms with Gasteiger partial charge in [0.1, 0.15) is 0 Å². The average molecular weight is 238 g/mol. The number of benzene rings is 2. The quantitative estimate of drug-likeness (QED) is 0.532. The Hall–Kier alpha value is -2.62. The molecule has 2 N–H and O–H groups in total. The number of imidazole rings is 2. The molecule has 0 atom stereocenters. The van der Waals surface area contributed by atoms with E-state index in [-0.39, 0.29) is 2.85 Å². The lowest BCUT2D eigenvalue weighted by Gasteiger charge is -2.03. The van der Waals surface area contributed by atoms with E-state index in [2.05, 4.69) is 32.1 Å². The first-order chi connectivity index (χ1) is 8.93. The highest BCUT2D eigenvalue weighted by molar-refractivity contribution is 6.00. The Kier molecular flexibility index (Phi) is 1.80. The summed E-state index contributed by atoms with van der Waals surface area (Å²) in [4.78, 5) is 15.0. The van der Waals surface area contributed by atoms with Gasteiger partial charge in [-0.25, -0.2) is 9.97 Å². The third-order valence-electron chi connectivity index (χ3n) is 3.19. The molecule has 0 aliphatic carbocycles. The predicted molar refractivity (Wildman–Crippen MR) is 75.4 cm³/mol. The van der Waals surface area contributed by atoms with E-state index in [4.69, 9.17) is 0 Å². The molecule has 2 heterocycles. The first-order valence-corrected chi connectivity index (χ1v) is 5.78. The van der Waals surface area contributed by atoms with Crippen molar-refractivity contribution in [3.8, 4) is 11.1 Å². The summed E-state index contributed by atoms with van der Waals surface area (Å²) >= 11 is 0. The highest BCUT2D eigenvalue weighted by atomic mass is 14.9. The summed E-state index contributed by atoms with van der Waals surface area (Å²) in [6, 6.07) is 12.3. The molecule has 4 heteroatoms. The van der Waals surface area contributed by atoms with Crippen LogP contribution in [0.5, 0.6) is 0 Å². The van der Waals surface area contributed by atoms with Gasteiger partial charge in [0.05, 0.1) is 34.7 Å². The molecule has 90 valence electrons. The standard InChI is InChI=1S/C14H10N4.2H2/c1-3-9(13-11(5-1)15-7-17-13)10-4-2-6-12-14(10)18-8-16-12;;/h1-8H,(H,15,17)(H,16,18);2*1H. The number of rotatable bonds is 1. The summed E-state index contributed by atoms with van der Waals surface area (Å²) in [7, 11) is 0. The van der Waals surface area contributed by atoms with Gasteiger partial charge < -0.3 is 9.97 Å². The maximum Gasteiger partial charge on any atom is 0.0961 e. The van der Waals surface area contributed by atoms with Crippen LogP contribution < -0.4 is 0 Å². The highest BCUT2D eigenvalue weighted by Gasteiger charge is 2.10. The Morgan fingerprint density at radius 3 is 1.72 bits per heavy atom. The number of para-hydroxylation sites is 2. The number of aromatic nitrogens is 4. The fraction of sp³-hybridized carbons (Fsp3) is 0. The van der Waals surface area contributed by atoms with Crippen molar-refractivity contribution in [3.63, 3.8) is 0 Å². The smallest absolute Gasteiger partial charge is 0.0961 e. The summed E-state index contributed by atoms with van der Waals surface area (Å²) in [5.74, 6) is 0. The summed E-state index contributed by atoms with van der Waals surface area (Å²) in [5, 5.41) is 0. The molecule has 0 bridgehead atoms. The normalized spacial score (nSPS) is 11.3. The minimum absolute atomic E-state index is 0. The van der Waals surface area contributed by atoms with Crippen LogP contribution in [0.4, 0.5) is 0 Å². The van der Waals surface area contributed by atoms with Gasteiger partial charge in [-0.05, 0) is 12.1 Å². The minimum Gasteiger partial charge on any atom is -0.345 e. The van der Waals surface area contributed by atoms with Crippen LogP contribution in [-0.4, -0.2) is 19.9 Å². The Labute approximate surface area is 106 Å². The Bertz CT molecular complexity index is 778. The van der Waals surface area contributed by atoms with Crippen LogP contribution in [0.15, 0.2) is 49.1 Å². The van der Waals surface area contributed by atoms with Crippen molar-refractivity contribution in [1.29, 1.82) is 0 Å². The van der Waals surface area contributed by atoms with Gasteiger partial charge in [0, 0.05) is 14.0 Å². The van der Waals surface area contributed by atoms with Crippen LogP contribution in [0, 0.1) is 0 Å². The number of nitrogens with zero attached hydrogens (tertiary/aromatic N) is 2. The van der Waals surface area contributed by atoms with Gasteiger partial charge in [-0.3, -0.25) is 0 Å². The maximum atomic E-state index is 4.39. The van der Waals surface area contributed by atoms with Crippen molar-refractivity contribution < 1.29 is 2.85 Å². The fourth-order valence-corrected chi connectivity index (χ4v) is 2.37. The number of H-pyrrole nitrogens is 2. The Morgan fingerprint density at radius 2 is 1.22 bits per heavy atom. The van der Waals surface area contributed by atoms with Gasteiger partial charge in [0.2, 0.25) is 0 Å². The molecule has 18 heavy (non-hydrogen) atoms. The van der Waals surface area contributed by atoms with E-state index >= 15 is 0 Å². The van der Waals surface area contributed by atoms with Gasteiger partial charge in [-0.1, -0.05) is 24.3 Å². The predicted octanol–water partition coefficient (Wildman–Crippen LogP) is 3.60.